The molecule has 0 aromatic carbocycles. The van der Waals surface area contributed by atoms with Crippen LogP contribution in [-0.2, 0) is 11.2 Å². The monoisotopic (exact) mass is 197 g/mol. The average Bonchev–Trinajstić information content (AvgIpc) is 2.48. The first-order chi connectivity index (χ1) is 6.42. The van der Waals surface area contributed by atoms with Crippen LogP contribution in [-0.4, -0.2) is 16.7 Å². The maximum atomic E-state index is 11.4. The molecule has 1 rings (SSSR count). The van der Waals surface area contributed by atoms with Crippen LogP contribution in [0.5, 0.6) is 0 Å². The van der Waals surface area contributed by atoms with Gasteiger partial charge in [-0.1, -0.05) is 12.1 Å². The Bertz CT molecular complexity index is 322. The van der Waals surface area contributed by atoms with Crippen LogP contribution in [0.3, 0.4) is 0 Å². The molecule has 0 atom stereocenters. The van der Waals surface area contributed by atoms with E-state index in [2.05, 4.69) is 5.16 Å². The fraction of sp³-hybridized carbons (Fsp3) is 0.600. The minimum Gasteiger partial charge on any atom is -0.454 e. The third-order valence-corrected chi connectivity index (χ3v) is 1.52. The van der Waals surface area contributed by atoms with E-state index in [-0.39, 0.29) is 5.76 Å². The SMILES string of the molecule is CCc1cc(C(=O)OC(C)(C)C)on1. The quantitative estimate of drug-likeness (QED) is 0.682. The number of carbonyl (C=O) groups is 1. The molecule has 0 aliphatic heterocycles. The molecule has 0 saturated carbocycles. The summed E-state index contributed by atoms with van der Waals surface area (Å²) in [5.74, 6) is -0.304. The van der Waals surface area contributed by atoms with Crippen LogP contribution in [0.4, 0.5) is 0 Å². The molecule has 0 bridgehead atoms. The van der Waals surface area contributed by atoms with Crippen molar-refractivity contribution in [2.24, 2.45) is 0 Å². The van der Waals surface area contributed by atoms with Crippen LogP contribution in [0.1, 0.15) is 43.9 Å². The lowest BCUT2D eigenvalue weighted by molar-refractivity contribution is 0.00277. The van der Waals surface area contributed by atoms with E-state index < -0.39 is 11.6 Å². The molecule has 0 N–H and O–H groups in total. The van der Waals surface area contributed by atoms with Crippen LogP contribution in [0.25, 0.3) is 0 Å². The lowest BCUT2D eigenvalue weighted by Gasteiger charge is -2.17. The molecule has 0 aliphatic carbocycles. The summed E-state index contributed by atoms with van der Waals surface area (Å²) < 4.78 is 9.95. The summed E-state index contributed by atoms with van der Waals surface area (Å²) in [5, 5.41) is 3.71. The van der Waals surface area contributed by atoms with Crippen molar-refractivity contribution in [2.45, 2.75) is 39.7 Å². The van der Waals surface area contributed by atoms with Crippen molar-refractivity contribution in [3.05, 3.63) is 17.5 Å². The third kappa shape index (κ3) is 2.87. The van der Waals surface area contributed by atoms with Gasteiger partial charge >= 0.3 is 5.97 Å². The molecule has 14 heavy (non-hydrogen) atoms. The van der Waals surface area contributed by atoms with Gasteiger partial charge in [0.2, 0.25) is 5.76 Å². The summed E-state index contributed by atoms with van der Waals surface area (Å²) in [6.07, 6.45) is 0.742. The Morgan fingerprint density at radius 1 is 1.57 bits per heavy atom. The molecule has 0 radical (unpaired) electrons. The van der Waals surface area contributed by atoms with E-state index >= 15 is 0 Å². The highest BCUT2D eigenvalue weighted by Gasteiger charge is 2.21. The zero-order valence-electron chi connectivity index (χ0n) is 8.96. The van der Waals surface area contributed by atoms with Crippen LogP contribution in [0, 0.1) is 0 Å². The highest BCUT2D eigenvalue weighted by Crippen LogP contribution is 2.12. The minimum atomic E-state index is -0.504. The maximum Gasteiger partial charge on any atom is 0.377 e. The molecular formula is C10H15NO3. The van der Waals surface area contributed by atoms with Crippen molar-refractivity contribution in [1.29, 1.82) is 0 Å². The molecule has 0 fully saturated rings. The van der Waals surface area contributed by atoms with Gasteiger partial charge in [-0.3, -0.25) is 0 Å². The summed E-state index contributed by atoms with van der Waals surface area (Å²) in [4.78, 5) is 11.4. The van der Waals surface area contributed by atoms with Gasteiger partial charge in [0.1, 0.15) is 5.60 Å². The number of rotatable bonds is 2. The molecule has 0 unspecified atom stereocenters. The highest BCUT2D eigenvalue weighted by molar-refractivity contribution is 5.86. The lowest BCUT2D eigenvalue weighted by Crippen LogP contribution is -2.23. The highest BCUT2D eigenvalue weighted by atomic mass is 16.6. The predicted octanol–water partition coefficient (Wildman–Crippen LogP) is 2.19. The van der Waals surface area contributed by atoms with Crippen LogP contribution < -0.4 is 0 Å². The van der Waals surface area contributed by atoms with Crippen molar-refractivity contribution >= 4 is 5.97 Å². The topological polar surface area (TPSA) is 52.3 Å². The van der Waals surface area contributed by atoms with Gasteiger partial charge in [-0.25, -0.2) is 4.79 Å². The third-order valence-electron chi connectivity index (χ3n) is 1.52. The van der Waals surface area contributed by atoms with Gasteiger partial charge < -0.3 is 9.26 Å². The molecule has 0 amide bonds. The molecule has 0 aliphatic rings. The van der Waals surface area contributed by atoms with Gasteiger partial charge in [0.05, 0.1) is 5.69 Å². The van der Waals surface area contributed by atoms with E-state index in [4.69, 9.17) is 9.26 Å². The van der Waals surface area contributed by atoms with Gasteiger partial charge in [0, 0.05) is 6.07 Å². The first-order valence-electron chi connectivity index (χ1n) is 4.61. The van der Waals surface area contributed by atoms with E-state index in [1.165, 1.54) is 0 Å². The maximum absolute atomic E-state index is 11.4. The summed E-state index contributed by atoms with van der Waals surface area (Å²) in [6, 6.07) is 1.61. The molecule has 4 heteroatoms. The second-order valence-electron chi connectivity index (χ2n) is 4.04. The Labute approximate surface area is 83.2 Å². The van der Waals surface area contributed by atoms with Crippen LogP contribution >= 0.6 is 0 Å². The van der Waals surface area contributed by atoms with Crippen LogP contribution in [0.2, 0.25) is 0 Å². The zero-order chi connectivity index (χ0) is 10.8. The summed E-state index contributed by atoms with van der Waals surface area (Å²) in [6.45, 7) is 7.36. The molecular weight excluding hydrogens is 182 g/mol. The second-order valence-corrected chi connectivity index (χ2v) is 4.04. The first kappa shape index (κ1) is 10.8. The van der Waals surface area contributed by atoms with E-state index in [1.807, 2.05) is 27.7 Å². The zero-order valence-corrected chi connectivity index (χ0v) is 8.96. The van der Waals surface area contributed by atoms with Crippen molar-refractivity contribution in [1.82, 2.24) is 5.16 Å². The van der Waals surface area contributed by atoms with E-state index in [9.17, 15) is 4.79 Å². The molecule has 0 spiro atoms. The Balaban J connectivity index is 2.70. The number of aromatic nitrogens is 1. The van der Waals surface area contributed by atoms with Crippen molar-refractivity contribution < 1.29 is 14.1 Å². The number of esters is 1. The average molecular weight is 197 g/mol. The predicted molar refractivity (Wildman–Crippen MR) is 51.0 cm³/mol. The molecule has 0 saturated heterocycles. The second kappa shape index (κ2) is 3.82. The Morgan fingerprint density at radius 2 is 2.21 bits per heavy atom. The number of hydrogen-bond acceptors (Lipinski definition) is 4. The number of carbonyl (C=O) groups excluding carboxylic acids is 1. The summed E-state index contributed by atoms with van der Waals surface area (Å²) >= 11 is 0. The molecule has 1 aromatic rings. The van der Waals surface area contributed by atoms with E-state index in [0.29, 0.717) is 0 Å². The van der Waals surface area contributed by atoms with Gasteiger partial charge in [0.15, 0.2) is 0 Å². The fourth-order valence-electron chi connectivity index (χ4n) is 0.903. The van der Waals surface area contributed by atoms with Gasteiger partial charge in [-0.15, -0.1) is 0 Å². The normalized spacial score (nSPS) is 11.4. The molecule has 4 nitrogen and oxygen atoms in total. The number of ether oxygens (including phenoxy) is 1. The number of aryl methyl sites for hydroxylation is 1. The lowest BCUT2D eigenvalue weighted by atomic mass is 10.2. The van der Waals surface area contributed by atoms with Crippen molar-refractivity contribution in [3.63, 3.8) is 0 Å². The van der Waals surface area contributed by atoms with Crippen LogP contribution in [0.15, 0.2) is 10.6 Å². The van der Waals surface area contributed by atoms with Gasteiger partial charge in [0.25, 0.3) is 0 Å². The van der Waals surface area contributed by atoms with Crippen molar-refractivity contribution in [3.8, 4) is 0 Å². The first-order valence-corrected chi connectivity index (χ1v) is 4.61. The summed E-state index contributed by atoms with van der Waals surface area (Å²) in [5.41, 5.74) is 0.252. The minimum absolute atomic E-state index is 0.164. The molecule has 1 aromatic heterocycles. The Morgan fingerprint density at radius 3 is 2.64 bits per heavy atom. The Kier molecular flexibility index (Phi) is 2.93. The largest absolute Gasteiger partial charge is 0.454 e. The number of hydrogen-bond donors (Lipinski definition) is 0. The molecule has 1 heterocycles. The molecule has 78 valence electrons. The Hall–Kier alpha value is -1.32. The smallest absolute Gasteiger partial charge is 0.377 e. The van der Waals surface area contributed by atoms with Gasteiger partial charge in [-0.2, -0.15) is 0 Å². The fourth-order valence-corrected chi connectivity index (χ4v) is 0.903. The van der Waals surface area contributed by atoms with E-state index in [0.717, 1.165) is 12.1 Å². The van der Waals surface area contributed by atoms with Crippen molar-refractivity contribution in [2.75, 3.05) is 0 Å². The number of nitrogens with zero attached hydrogens (tertiary/aromatic N) is 1. The standard InChI is InChI=1S/C10H15NO3/c1-5-7-6-8(14-11-7)9(12)13-10(2,3)4/h6H,5H2,1-4H3. The van der Waals surface area contributed by atoms with E-state index in [1.54, 1.807) is 6.07 Å². The summed E-state index contributed by atoms with van der Waals surface area (Å²) in [7, 11) is 0. The van der Waals surface area contributed by atoms with Gasteiger partial charge in [-0.05, 0) is 27.2 Å².